The standard InChI is InChI=1S/C15H13F3O/c1-9-8-12(15(16,17)18)4-5-13(9)11-3-6-14(19)10(2)7-11/h3-8,19H,1-2H3. The molecule has 4 heteroatoms. The van der Waals surface area contributed by atoms with Gasteiger partial charge in [0.25, 0.3) is 0 Å². The summed E-state index contributed by atoms with van der Waals surface area (Å²) in [5, 5.41) is 9.46. The van der Waals surface area contributed by atoms with Gasteiger partial charge in [-0.2, -0.15) is 13.2 Å². The lowest BCUT2D eigenvalue weighted by Crippen LogP contribution is -2.05. The fourth-order valence-electron chi connectivity index (χ4n) is 1.99. The molecule has 0 bridgehead atoms. The lowest BCUT2D eigenvalue weighted by atomic mass is 9.97. The molecule has 19 heavy (non-hydrogen) atoms. The summed E-state index contributed by atoms with van der Waals surface area (Å²) >= 11 is 0. The Labute approximate surface area is 109 Å². The van der Waals surface area contributed by atoms with Crippen molar-refractivity contribution in [2.45, 2.75) is 20.0 Å². The highest BCUT2D eigenvalue weighted by Crippen LogP contribution is 2.34. The van der Waals surface area contributed by atoms with E-state index in [0.717, 1.165) is 23.3 Å². The lowest BCUT2D eigenvalue weighted by molar-refractivity contribution is -0.137. The number of hydrogen-bond donors (Lipinski definition) is 1. The zero-order valence-electron chi connectivity index (χ0n) is 10.5. The van der Waals surface area contributed by atoms with Gasteiger partial charge in [-0.25, -0.2) is 0 Å². The number of phenolic OH excluding ortho intramolecular Hbond substituents is 1. The van der Waals surface area contributed by atoms with Crippen LogP contribution in [0.15, 0.2) is 36.4 Å². The Bertz CT molecular complexity index is 615. The molecule has 1 nitrogen and oxygen atoms in total. The molecule has 0 aliphatic rings. The van der Waals surface area contributed by atoms with E-state index in [1.807, 2.05) is 0 Å². The van der Waals surface area contributed by atoms with Gasteiger partial charge >= 0.3 is 6.18 Å². The van der Waals surface area contributed by atoms with Crippen molar-refractivity contribution >= 4 is 0 Å². The van der Waals surface area contributed by atoms with Crippen molar-refractivity contribution in [2.75, 3.05) is 0 Å². The molecule has 0 amide bonds. The molecule has 1 N–H and O–H groups in total. The average Bonchev–Trinajstić information content (AvgIpc) is 2.31. The van der Waals surface area contributed by atoms with Crippen LogP contribution >= 0.6 is 0 Å². The van der Waals surface area contributed by atoms with E-state index in [1.54, 1.807) is 32.0 Å². The van der Waals surface area contributed by atoms with Crippen LogP contribution < -0.4 is 0 Å². The van der Waals surface area contributed by atoms with Crippen LogP contribution in [0.1, 0.15) is 16.7 Å². The molecule has 2 aromatic carbocycles. The molecule has 0 aliphatic heterocycles. The predicted molar refractivity (Wildman–Crippen MR) is 68.0 cm³/mol. The number of alkyl halides is 3. The van der Waals surface area contributed by atoms with Crippen LogP contribution in [0, 0.1) is 13.8 Å². The molecular weight excluding hydrogens is 253 g/mol. The Morgan fingerprint density at radius 3 is 2.11 bits per heavy atom. The summed E-state index contributed by atoms with van der Waals surface area (Å²) in [4.78, 5) is 0. The first-order valence-electron chi connectivity index (χ1n) is 5.77. The van der Waals surface area contributed by atoms with Crippen molar-refractivity contribution < 1.29 is 18.3 Å². The van der Waals surface area contributed by atoms with Crippen molar-refractivity contribution in [3.8, 4) is 16.9 Å². The van der Waals surface area contributed by atoms with Crippen LogP contribution in [-0.2, 0) is 6.18 Å². The minimum atomic E-state index is -4.33. The number of aromatic hydroxyl groups is 1. The Morgan fingerprint density at radius 1 is 0.895 bits per heavy atom. The summed E-state index contributed by atoms with van der Waals surface area (Å²) < 4.78 is 37.8. The molecular formula is C15H13F3O. The van der Waals surface area contributed by atoms with Gasteiger partial charge in [0.15, 0.2) is 0 Å². The number of benzene rings is 2. The first kappa shape index (κ1) is 13.5. The molecule has 0 spiro atoms. The predicted octanol–water partition coefficient (Wildman–Crippen LogP) is 4.69. The summed E-state index contributed by atoms with van der Waals surface area (Å²) in [5.41, 5.74) is 2.12. The maximum absolute atomic E-state index is 12.6. The molecule has 0 aliphatic carbocycles. The van der Waals surface area contributed by atoms with Gasteiger partial charge in [0, 0.05) is 0 Å². The number of hydrogen-bond acceptors (Lipinski definition) is 1. The van der Waals surface area contributed by atoms with Crippen LogP contribution in [-0.4, -0.2) is 5.11 Å². The first-order valence-corrected chi connectivity index (χ1v) is 5.77. The molecule has 0 atom stereocenters. The molecule has 0 aromatic heterocycles. The molecule has 2 aromatic rings. The van der Waals surface area contributed by atoms with Gasteiger partial charge in [0.2, 0.25) is 0 Å². The van der Waals surface area contributed by atoms with Gasteiger partial charge < -0.3 is 5.11 Å². The highest BCUT2D eigenvalue weighted by molar-refractivity contribution is 5.69. The molecule has 0 radical (unpaired) electrons. The molecule has 0 fully saturated rings. The monoisotopic (exact) mass is 266 g/mol. The average molecular weight is 266 g/mol. The lowest BCUT2D eigenvalue weighted by Gasteiger charge is -2.12. The summed E-state index contributed by atoms with van der Waals surface area (Å²) in [5.74, 6) is 0.174. The van der Waals surface area contributed by atoms with E-state index in [1.165, 1.54) is 6.07 Å². The molecule has 2 rings (SSSR count). The number of aryl methyl sites for hydroxylation is 2. The Hall–Kier alpha value is -1.97. The van der Waals surface area contributed by atoms with E-state index in [9.17, 15) is 18.3 Å². The normalized spacial score (nSPS) is 11.6. The quantitative estimate of drug-likeness (QED) is 0.793. The second-order valence-corrected chi connectivity index (χ2v) is 4.53. The van der Waals surface area contributed by atoms with E-state index in [-0.39, 0.29) is 5.75 Å². The van der Waals surface area contributed by atoms with Gasteiger partial charge in [0.05, 0.1) is 5.56 Å². The second kappa shape index (κ2) is 4.61. The van der Waals surface area contributed by atoms with Crippen molar-refractivity contribution in [3.63, 3.8) is 0 Å². The van der Waals surface area contributed by atoms with Crippen LogP contribution in [0.3, 0.4) is 0 Å². The smallest absolute Gasteiger partial charge is 0.416 e. The van der Waals surface area contributed by atoms with Crippen molar-refractivity contribution in [3.05, 3.63) is 53.1 Å². The van der Waals surface area contributed by atoms with E-state index in [2.05, 4.69) is 0 Å². The van der Waals surface area contributed by atoms with Gasteiger partial charge in [-0.3, -0.25) is 0 Å². The fourth-order valence-corrected chi connectivity index (χ4v) is 1.99. The number of rotatable bonds is 1. The van der Waals surface area contributed by atoms with E-state index in [0.29, 0.717) is 11.1 Å². The summed E-state index contributed by atoms with van der Waals surface area (Å²) in [7, 11) is 0. The highest BCUT2D eigenvalue weighted by Gasteiger charge is 2.30. The maximum atomic E-state index is 12.6. The topological polar surface area (TPSA) is 20.2 Å². The number of halogens is 3. The Kier molecular flexibility index (Phi) is 3.27. The minimum Gasteiger partial charge on any atom is -0.508 e. The SMILES string of the molecule is Cc1cc(-c2ccc(C(F)(F)F)cc2C)ccc1O. The van der Waals surface area contributed by atoms with Crippen LogP contribution in [0.4, 0.5) is 13.2 Å². The van der Waals surface area contributed by atoms with Gasteiger partial charge in [-0.05, 0) is 60.4 Å². The minimum absolute atomic E-state index is 0.174. The summed E-state index contributed by atoms with van der Waals surface area (Å²) in [6.07, 6.45) is -4.33. The fraction of sp³-hybridized carbons (Fsp3) is 0.200. The summed E-state index contributed by atoms with van der Waals surface area (Å²) in [6, 6.07) is 8.66. The molecule has 0 saturated heterocycles. The van der Waals surface area contributed by atoms with Gasteiger partial charge in [0.1, 0.15) is 5.75 Å². The Morgan fingerprint density at radius 2 is 1.58 bits per heavy atom. The zero-order valence-corrected chi connectivity index (χ0v) is 10.5. The molecule has 0 heterocycles. The van der Waals surface area contributed by atoms with Crippen molar-refractivity contribution in [1.82, 2.24) is 0 Å². The van der Waals surface area contributed by atoms with Crippen LogP contribution in [0.2, 0.25) is 0 Å². The zero-order chi connectivity index (χ0) is 14.2. The van der Waals surface area contributed by atoms with E-state index < -0.39 is 11.7 Å². The molecule has 0 unspecified atom stereocenters. The van der Waals surface area contributed by atoms with E-state index in [4.69, 9.17) is 0 Å². The Balaban J connectivity index is 2.49. The van der Waals surface area contributed by atoms with Crippen molar-refractivity contribution in [2.24, 2.45) is 0 Å². The highest BCUT2D eigenvalue weighted by atomic mass is 19.4. The van der Waals surface area contributed by atoms with E-state index >= 15 is 0 Å². The third kappa shape index (κ3) is 2.72. The van der Waals surface area contributed by atoms with Gasteiger partial charge in [-0.15, -0.1) is 0 Å². The van der Waals surface area contributed by atoms with Gasteiger partial charge in [-0.1, -0.05) is 12.1 Å². The second-order valence-electron chi connectivity index (χ2n) is 4.53. The number of phenols is 1. The van der Waals surface area contributed by atoms with Crippen LogP contribution in [0.25, 0.3) is 11.1 Å². The third-order valence-corrected chi connectivity index (χ3v) is 3.06. The molecule has 100 valence electrons. The first-order chi connectivity index (χ1) is 8.79. The van der Waals surface area contributed by atoms with Crippen LogP contribution in [0.5, 0.6) is 5.75 Å². The van der Waals surface area contributed by atoms with Crippen molar-refractivity contribution in [1.29, 1.82) is 0 Å². The molecule has 0 saturated carbocycles. The maximum Gasteiger partial charge on any atom is 0.416 e. The third-order valence-electron chi connectivity index (χ3n) is 3.06. The summed E-state index contributed by atoms with van der Waals surface area (Å²) in [6.45, 7) is 3.39. The largest absolute Gasteiger partial charge is 0.508 e.